The molecule has 0 aliphatic heterocycles. The minimum Gasteiger partial charge on any atom is -0.439 e. The highest BCUT2D eigenvalue weighted by Crippen LogP contribution is 2.31. The Labute approximate surface area is 112 Å². The normalized spacial score (nSPS) is 12.7. The molecule has 1 heterocycles. The summed E-state index contributed by atoms with van der Waals surface area (Å²) >= 11 is 1.55. The van der Waals surface area contributed by atoms with Crippen LogP contribution in [0.3, 0.4) is 0 Å². The summed E-state index contributed by atoms with van der Waals surface area (Å²) in [4.78, 5) is 5.48. The van der Waals surface area contributed by atoms with Crippen molar-refractivity contribution in [3.8, 4) is 0 Å². The third-order valence-corrected chi connectivity index (χ3v) is 3.53. The van der Waals surface area contributed by atoms with Gasteiger partial charge in [0.2, 0.25) is 0 Å². The second kappa shape index (κ2) is 5.59. The molecule has 4 heteroatoms. The quantitative estimate of drug-likeness (QED) is 0.918. The standard InChI is InChI=1S/C14H18N2OS/c1-9-4-5-13(12(6-9)7-10(2)15)18-14-16-11(3)8-17-14/h4-6,8,10H,7,15H2,1-3H3. The van der Waals surface area contributed by atoms with E-state index in [1.807, 2.05) is 13.8 Å². The fourth-order valence-electron chi connectivity index (χ4n) is 1.79. The average molecular weight is 262 g/mol. The molecular weight excluding hydrogens is 244 g/mol. The van der Waals surface area contributed by atoms with Crippen molar-refractivity contribution in [2.24, 2.45) is 5.73 Å². The first kappa shape index (κ1) is 13.2. The molecule has 18 heavy (non-hydrogen) atoms. The van der Waals surface area contributed by atoms with Crippen molar-refractivity contribution < 1.29 is 4.42 Å². The topological polar surface area (TPSA) is 52.0 Å². The summed E-state index contributed by atoms with van der Waals surface area (Å²) in [6.45, 7) is 6.03. The largest absolute Gasteiger partial charge is 0.439 e. The van der Waals surface area contributed by atoms with Crippen molar-refractivity contribution in [2.45, 2.75) is 43.4 Å². The van der Waals surface area contributed by atoms with Crippen molar-refractivity contribution >= 4 is 11.8 Å². The van der Waals surface area contributed by atoms with E-state index in [9.17, 15) is 0 Å². The SMILES string of the molecule is Cc1ccc(Sc2nc(C)co2)c(CC(C)N)c1. The Morgan fingerprint density at radius 1 is 1.39 bits per heavy atom. The molecule has 0 spiro atoms. The van der Waals surface area contributed by atoms with Gasteiger partial charge in [0.05, 0.1) is 5.69 Å². The molecule has 1 aromatic carbocycles. The smallest absolute Gasteiger partial charge is 0.260 e. The molecular formula is C14H18N2OS. The molecule has 0 saturated heterocycles. The minimum absolute atomic E-state index is 0.150. The number of hydrogen-bond acceptors (Lipinski definition) is 4. The zero-order valence-electron chi connectivity index (χ0n) is 10.9. The van der Waals surface area contributed by atoms with E-state index in [-0.39, 0.29) is 6.04 Å². The molecule has 2 aromatic rings. The highest BCUT2D eigenvalue weighted by Gasteiger charge is 2.10. The van der Waals surface area contributed by atoms with Crippen molar-refractivity contribution in [1.29, 1.82) is 0 Å². The lowest BCUT2D eigenvalue weighted by molar-refractivity contribution is 0.454. The fraction of sp³-hybridized carbons (Fsp3) is 0.357. The number of hydrogen-bond donors (Lipinski definition) is 1. The molecule has 1 atom stereocenters. The Hall–Kier alpha value is -1.26. The van der Waals surface area contributed by atoms with Gasteiger partial charge in [0.1, 0.15) is 6.26 Å². The maximum atomic E-state index is 5.89. The number of aromatic nitrogens is 1. The zero-order valence-corrected chi connectivity index (χ0v) is 11.8. The molecule has 96 valence electrons. The van der Waals surface area contributed by atoms with E-state index < -0.39 is 0 Å². The third-order valence-electron chi connectivity index (χ3n) is 2.55. The van der Waals surface area contributed by atoms with Crippen molar-refractivity contribution in [3.63, 3.8) is 0 Å². The van der Waals surface area contributed by atoms with E-state index >= 15 is 0 Å². The van der Waals surface area contributed by atoms with Gasteiger partial charge in [0.15, 0.2) is 0 Å². The maximum Gasteiger partial charge on any atom is 0.260 e. The molecule has 3 nitrogen and oxygen atoms in total. The molecule has 1 aromatic heterocycles. The van der Waals surface area contributed by atoms with Crippen LogP contribution in [0.25, 0.3) is 0 Å². The summed E-state index contributed by atoms with van der Waals surface area (Å²) in [6, 6.07) is 6.54. The summed E-state index contributed by atoms with van der Waals surface area (Å²) < 4.78 is 5.38. The minimum atomic E-state index is 0.150. The van der Waals surface area contributed by atoms with Gasteiger partial charge >= 0.3 is 0 Å². The van der Waals surface area contributed by atoms with Crippen molar-refractivity contribution in [1.82, 2.24) is 4.98 Å². The molecule has 0 fully saturated rings. The third kappa shape index (κ3) is 3.37. The fourth-order valence-corrected chi connectivity index (χ4v) is 2.67. The van der Waals surface area contributed by atoms with E-state index in [1.165, 1.54) is 16.0 Å². The van der Waals surface area contributed by atoms with Gasteiger partial charge in [-0.1, -0.05) is 17.7 Å². The molecule has 0 aliphatic rings. The molecule has 1 unspecified atom stereocenters. The highest BCUT2D eigenvalue weighted by molar-refractivity contribution is 7.99. The lowest BCUT2D eigenvalue weighted by Gasteiger charge is -2.11. The highest BCUT2D eigenvalue weighted by atomic mass is 32.2. The van der Waals surface area contributed by atoms with Gasteiger partial charge in [-0.3, -0.25) is 0 Å². The van der Waals surface area contributed by atoms with Crippen LogP contribution in [-0.2, 0) is 6.42 Å². The van der Waals surface area contributed by atoms with Crippen LogP contribution in [0, 0.1) is 13.8 Å². The predicted octanol–water partition coefficient (Wildman–Crippen LogP) is 3.33. The van der Waals surface area contributed by atoms with E-state index in [0.717, 1.165) is 12.1 Å². The Bertz CT molecular complexity index is 534. The molecule has 0 bridgehead atoms. The van der Waals surface area contributed by atoms with Crippen LogP contribution in [-0.4, -0.2) is 11.0 Å². The molecule has 0 amide bonds. The van der Waals surface area contributed by atoms with Gasteiger partial charge in [0.25, 0.3) is 5.22 Å². The number of nitrogens with two attached hydrogens (primary N) is 1. The summed E-state index contributed by atoms with van der Waals surface area (Å²) in [5, 5.41) is 0.683. The van der Waals surface area contributed by atoms with Crippen LogP contribution >= 0.6 is 11.8 Å². The van der Waals surface area contributed by atoms with E-state index in [1.54, 1.807) is 18.0 Å². The van der Waals surface area contributed by atoms with E-state index in [4.69, 9.17) is 10.2 Å². The van der Waals surface area contributed by atoms with Crippen LogP contribution in [0.15, 0.2) is 39.0 Å². The van der Waals surface area contributed by atoms with Crippen molar-refractivity contribution in [2.75, 3.05) is 0 Å². The molecule has 0 aliphatic carbocycles. The lowest BCUT2D eigenvalue weighted by Crippen LogP contribution is -2.18. The first-order chi connectivity index (χ1) is 8.54. The maximum absolute atomic E-state index is 5.89. The molecule has 0 saturated carbocycles. The van der Waals surface area contributed by atoms with Gasteiger partial charge in [0, 0.05) is 10.9 Å². The Kier molecular flexibility index (Phi) is 4.09. The number of oxazole rings is 1. The predicted molar refractivity (Wildman–Crippen MR) is 73.9 cm³/mol. The van der Waals surface area contributed by atoms with Gasteiger partial charge < -0.3 is 10.2 Å². The number of rotatable bonds is 4. The van der Waals surface area contributed by atoms with Gasteiger partial charge in [-0.15, -0.1) is 0 Å². The molecule has 0 radical (unpaired) electrons. The number of benzene rings is 1. The van der Waals surface area contributed by atoms with Crippen LogP contribution in [0.4, 0.5) is 0 Å². The second-order valence-corrected chi connectivity index (χ2v) is 5.64. The summed E-state index contributed by atoms with van der Waals surface area (Å²) in [5.74, 6) is 0. The Morgan fingerprint density at radius 2 is 2.17 bits per heavy atom. The molecule has 2 N–H and O–H groups in total. The molecule has 2 rings (SSSR count). The van der Waals surface area contributed by atoms with Gasteiger partial charge in [-0.2, -0.15) is 0 Å². The first-order valence-electron chi connectivity index (χ1n) is 5.99. The lowest BCUT2D eigenvalue weighted by atomic mass is 10.1. The zero-order chi connectivity index (χ0) is 13.1. The second-order valence-electron chi connectivity index (χ2n) is 4.65. The summed E-state index contributed by atoms with van der Waals surface area (Å²) in [7, 11) is 0. The van der Waals surface area contributed by atoms with E-state index in [0.29, 0.717) is 5.22 Å². The van der Waals surface area contributed by atoms with Crippen LogP contribution in [0.1, 0.15) is 23.7 Å². The summed E-state index contributed by atoms with van der Waals surface area (Å²) in [5.41, 5.74) is 9.30. The van der Waals surface area contributed by atoms with Crippen LogP contribution in [0.5, 0.6) is 0 Å². The van der Waals surface area contributed by atoms with Gasteiger partial charge in [-0.25, -0.2) is 4.98 Å². The number of aryl methyl sites for hydroxylation is 2. The Morgan fingerprint density at radius 3 is 2.78 bits per heavy atom. The average Bonchev–Trinajstić information content (AvgIpc) is 2.67. The van der Waals surface area contributed by atoms with E-state index in [2.05, 4.69) is 30.1 Å². The monoisotopic (exact) mass is 262 g/mol. The first-order valence-corrected chi connectivity index (χ1v) is 6.81. The summed E-state index contributed by atoms with van der Waals surface area (Å²) in [6.07, 6.45) is 2.53. The van der Waals surface area contributed by atoms with Crippen LogP contribution < -0.4 is 5.73 Å². The number of nitrogens with zero attached hydrogens (tertiary/aromatic N) is 1. The van der Waals surface area contributed by atoms with Crippen molar-refractivity contribution in [3.05, 3.63) is 41.3 Å². The van der Waals surface area contributed by atoms with Gasteiger partial charge in [-0.05, 0) is 50.6 Å². The van der Waals surface area contributed by atoms with Crippen LogP contribution in [0.2, 0.25) is 0 Å². The Balaban J connectivity index is 2.26.